The van der Waals surface area contributed by atoms with Crippen LogP contribution in [-0.2, 0) is 4.79 Å². The van der Waals surface area contributed by atoms with Crippen LogP contribution in [0, 0.1) is 5.82 Å². The van der Waals surface area contributed by atoms with Crippen LogP contribution in [0.1, 0.15) is 28.2 Å². The fourth-order valence-electron chi connectivity index (χ4n) is 3.15. The molecule has 2 aromatic rings. The molecule has 2 heterocycles. The minimum absolute atomic E-state index is 0.0184. The van der Waals surface area contributed by atoms with Crippen molar-refractivity contribution in [2.24, 2.45) is 0 Å². The van der Waals surface area contributed by atoms with Crippen LogP contribution in [-0.4, -0.2) is 66.3 Å². The third-order valence-corrected chi connectivity index (χ3v) is 5.93. The third-order valence-electron chi connectivity index (χ3n) is 5.08. The molecule has 0 bridgehead atoms. The van der Waals surface area contributed by atoms with Gasteiger partial charge >= 0.3 is 0 Å². The van der Waals surface area contributed by atoms with Crippen LogP contribution < -0.4 is 0 Å². The van der Waals surface area contributed by atoms with E-state index in [9.17, 15) is 14.0 Å². The van der Waals surface area contributed by atoms with Gasteiger partial charge in [-0.15, -0.1) is 11.3 Å². The van der Waals surface area contributed by atoms with Crippen molar-refractivity contribution in [2.45, 2.75) is 13.0 Å². The summed E-state index contributed by atoms with van der Waals surface area (Å²) in [5.41, 5.74) is 0.901. The molecule has 27 heavy (non-hydrogen) atoms. The fraction of sp³-hybridized carbons (Fsp3) is 0.400. The van der Waals surface area contributed by atoms with E-state index in [4.69, 9.17) is 0 Å². The maximum Gasteiger partial charge on any atom is 0.264 e. The van der Waals surface area contributed by atoms with E-state index in [1.165, 1.54) is 23.5 Å². The average Bonchev–Trinajstić information content (AvgIpc) is 3.22. The molecule has 0 saturated carbocycles. The van der Waals surface area contributed by atoms with Gasteiger partial charge < -0.3 is 9.80 Å². The zero-order valence-electron chi connectivity index (χ0n) is 15.6. The number of carbonyl (C=O) groups is 2. The molecule has 0 N–H and O–H groups in total. The first-order chi connectivity index (χ1) is 13.0. The van der Waals surface area contributed by atoms with Crippen LogP contribution in [0.5, 0.6) is 0 Å². The molecule has 3 rings (SSSR count). The van der Waals surface area contributed by atoms with Gasteiger partial charge in [0.25, 0.3) is 5.91 Å². The topological polar surface area (TPSA) is 43.9 Å². The Bertz CT molecular complexity index is 771. The van der Waals surface area contributed by atoms with Crippen LogP contribution in [0.4, 0.5) is 4.39 Å². The van der Waals surface area contributed by atoms with Crippen LogP contribution in [0.3, 0.4) is 0 Å². The van der Waals surface area contributed by atoms with E-state index in [1.54, 1.807) is 24.1 Å². The molecule has 7 heteroatoms. The maximum atomic E-state index is 13.1. The van der Waals surface area contributed by atoms with E-state index in [1.807, 2.05) is 29.3 Å². The van der Waals surface area contributed by atoms with Crippen molar-refractivity contribution in [3.63, 3.8) is 0 Å². The van der Waals surface area contributed by atoms with Gasteiger partial charge in [0, 0.05) is 33.2 Å². The van der Waals surface area contributed by atoms with Crippen LogP contribution in [0.25, 0.3) is 0 Å². The number of hydrogen-bond donors (Lipinski definition) is 0. The molecule has 1 aromatic heterocycles. The molecule has 1 aliphatic heterocycles. The summed E-state index contributed by atoms with van der Waals surface area (Å²) in [6, 6.07) is 9.83. The highest BCUT2D eigenvalue weighted by Gasteiger charge is 2.25. The van der Waals surface area contributed by atoms with Gasteiger partial charge in [0.15, 0.2) is 0 Å². The average molecular weight is 389 g/mol. The lowest BCUT2D eigenvalue weighted by atomic mass is 10.1. The highest BCUT2D eigenvalue weighted by Crippen LogP contribution is 2.20. The Morgan fingerprint density at radius 1 is 1.15 bits per heavy atom. The van der Waals surface area contributed by atoms with Gasteiger partial charge in [0.05, 0.1) is 17.5 Å². The van der Waals surface area contributed by atoms with E-state index < -0.39 is 0 Å². The van der Waals surface area contributed by atoms with E-state index in [0.717, 1.165) is 10.4 Å². The first-order valence-corrected chi connectivity index (χ1v) is 9.90. The summed E-state index contributed by atoms with van der Waals surface area (Å²) in [7, 11) is 1.77. The van der Waals surface area contributed by atoms with Crippen molar-refractivity contribution in [1.29, 1.82) is 0 Å². The molecule has 5 nitrogen and oxygen atoms in total. The fourth-order valence-corrected chi connectivity index (χ4v) is 3.84. The zero-order valence-corrected chi connectivity index (χ0v) is 16.4. The van der Waals surface area contributed by atoms with Crippen LogP contribution in [0.15, 0.2) is 41.8 Å². The van der Waals surface area contributed by atoms with Gasteiger partial charge in [-0.2, -0.15) is 0 Å². The van der Waals surface area contributed by atoms with Gasteiger partial charge in [0.1, 0.15) is 5.82 Å². The van der Waals surface area contributed by atoms with Gasteiger partial charge in [-0.1, -0.05) is 18.2 Å². The second-order valence-electron chi connectivity index (χ2n) is 6.78. The van der Waals surface area contributed by atoms with Crippen molar-refractivity contribution < 1.29 is 14.0 Å². The summed E-state index contributed by atoms with van der Waals surface area (Å²) in [6.07, 6.45) is 0. The summed E-state index contributed by atoms with van der Waals surface area (Å²) >= 11 is 1.45. The molecule has 0 aliphatic carbocycles. The number of thiophene rings is 1. The lowest BCUT2D eigenvalue weighted by Crippen LogP contribution is -2.51. The van der Waals surface area contributed by atoms with E-state index in [2.05, 4.69) is 4.90 Å². The lowest BCUT2D eigenvalue weighted by Gasteiger charge is -2.35. The molecular formula is C20H24FN3O2S. The second kappa shape index (κ2) is 8.63. The Morgan fingerprint density at radius 3 is 2.41 bits per heavy atom. The predicted molar refractivity (Wildman–Crippen MR) is 104 cm³/mol. The molecule has 1 fully saturated rings. The van der Waals surface area contributed by atoms with Gasteiger partial charge in [-0.3, -0.25) is 14.5 Å². The molecule has 0 radical (unpaired) electrons. The Labute approximate surface area is 163 Å². The molecule has 1 atom stereocenters. The molecule has 1 unspecified atom stereocenters. The number of hydrogen-bond acceptors (Lipinski definition) is 4. The van der Waals surface area contributed by atoms with Gasteiger partial charge in [0.2, 0.25) is 5.91 Å². The Balaban J connectivity index is 1.50. The minimum Gasteiger partial charge on any atom is -0.338 e. The third kappa shape index (κ3) is 4.73. The molecule has 0 spiro atoms. The number of piperazine rings is 1. The quantitative estimate of drug-likeness (QED) is 0.790. The number of amides is 2. The molecular weight excluding hydrogens is 365 g/mol. The molecule has 1 saturated heterocycles. The van der Waals surface area contributed by atoms with Crippen molar-refractivity contribution in [3.05, 3.63) is 58.0 Å². The minimum atomic E-state index is -0.283. The SMILES string of the molecule is CC(c1ccc(F)cc1)N(C)C(=O)CN1CCN(C(=O)c2cccs2)CC1. The zero-order chi connectivity index (χ0) is 19.4. The highest BCUT2D eigenvalue weighted by atomic mass is 32.1. The number of likely N-dealkylation sites (N-methyl/N-ethyl adjacent to an activating group) is 1. The Kier molecular flexibility index (Phi) is 6.23. The molecule has 144 valence electrons. The smallest absolute Gasteiger partial charge is 0.264 e. The van der Waals surface area contributed by atoms with E-state index >= 15 is 0 Å². The largest absolute Gasteiger partial charge is 0.338 e. The van der Waals surface area contributed by atoms with Crippen molar-refractivity contribution in [3.8, 4) is 0 Å². The maximum absolute atomic E-state index is 13.1. The van der Waals surface area contributed by atoms with Crippen molar-refractivity contribution in [2.75, 3.05) is 39.8 Å². The molecule has 2 amide bonds. The number of nitrogens with zero attached hydrogens (tertiary/aromatic N) is 3. The Morgan fingerprint density at radius 2 is 1.81 bits per heavy atom. The summed E-state index contributed by atoms with van der Waals surface area (Å²) < 4.78 is 13.1. The lowest BCUT2D eigenvalue weighted by molar-refractivity contribution is -0.133. The first kappa shape index (κ1) is 19.5. The van der Waals surface area contributed by atoms with Crippen LogP contribution in [0.2, 0.25) is 0 Å². The molecule has 1 aromatic carbocycles. The highest BCUT2D eigenvalue weighted by molar-refractivity contribution is 7.12. The van der Waals surface area contributed by atoms with Crippen LogP contribution >= 0.6 is 11.3 Å². The predicted octanol–water partition coefficient (Wildman–Crippen LogP) is 2.86. The van der Waals surface area contributed by atoms with Gasteiger partial charge in [-0.05, 0) is 36.1 Å². The first-order valence-electron chi connectivity index (χ1n) is 9.02. The summed E-state index contributed by atoms with van der Waals surface area (Å²) in [5.74, 6) is -0.196. The standard InChI is InChI=1S/C20H24FN3O2S/c1-15(16-5-7-17(21)8-6-16)22(2)19(25)14-23-9-11-24(12-10-23)20(26)18-4-3-13-27-18/h3-8,13,15H,9-12,14H2,1-2H3. The number of halogens is 1. The monoisotopic (exact) mass is 389 g/mol. The summed E-state index contributed by atoms with van der Waals surface area (Å²) in [6.45, 7) is 4.87. The van der Waals surface area contributed by atoms with E-state index in [-0.39, 0.29) is 23.7 Å². The number of rotatable bonds is 5. The Hall–Kier alpha value is -2.25. The number of benzene rings is 1. The van der Waals surface area contributed by atoms with Gasteiger partial charge in [-0.25, -0.2) is 4.39 Å². The molecule has 1 aliphatic rings. The normalized spacial score (nSPS) is 16.2. The number of carbonyl (C=O) groups excluding carboxylic acids is 2. The summed E-state index contributed by atoms with van der Waals surface area (Å²) in [4.78, 5) is 31.4. The van der Waals surface area contributed by atoms with E-state index in [0.29, 0.717) is 32.7 Å². The second-order valence-corrected chi connectivity index (χ2v) is 7.73. The van der Waals surface area contributed by atoms with Crippen molar-refractivity contribution in [1.82, 2.24) is 14.7 Å². The summed E-state index contributed by atoms with van der Waals surface area (Å²) in [5, 5.41) is 1.90. The van der Waals surface area contributed by atoms with Crippen molar-refractivity contribution >= 4 is 23.2 Å².